The SMILES string of the molecule is CCN(CC)C1(C(O)c2cccc(F)c2)CCCC1. The van der Waals surface area contributed by atoms with Crippen LogP contribution in [0.1, 0.15) is 51.2 Å². The first kappa shape index (κ1) is 14.5. The van der Waals surface area contributed by atoms with Gasteiger partial charge in [0, 0.05) is 0 Å². The molecular formula is C16H24FNO. The van der Waals surface area contributed by atoms with E-state index in [-0.39, 0.29) is 11.4 Å². The minimum atomic E-state index is -0.606. The number of aliphatic hydroxyl groups excluding tert-OH is 1. The molecule has 0 bridgehead atoms. The molecule has 0 aromatic heterocycles. The molecule has 1 atom stereocenters. The Balaban J connectivity index is 2.33. The first-order chi connectivity index (χ1) is 9.14. The summed E-state index contributed by atoms with van der Waals surface area (Å²) in [5.41, 5.74) is 0.492. The maximum atomic E-state index is 13.4. The van der Waals surface area contributed by atoms with E-state index < -0.39 is 6.10 Å². The summed E-state index contributed by atoms with van der Waals surface area (Å²) < 4.78 is 13.4. The zero-order valence-corrected chi connectivity index (χ0v) is 11.9. The summed E-state index contributed by atoms with van der Waals surface area (Å²) in [5.74, 6) is -0.274. The molecule has 1 aliphatic rings. The van der Waals surface area contributed by atoms with Crippen molar-refractivity contribution in [3.63, 3.8) is 0 Å². The summed E-state index contributed by atoms with van der Waals surface area (Å²) in [7, 11) is 0. The van der Waals surface area contributed by atoms with Gasteiger partial charge in [0.15, 0.2) is 0 Å². The molecule has 0 spiro atoms. The van der Waals surface area contributed by atoms with Gasteiger partial charge in [0.2, 0.25) is 0 Å². The molecule has 2 rings (SSSR count). The van der Waals surface area contributed by atoms with E-state index >= 15 is 0 Å². The monoisotopic (exact) mass is 265 g/mol. The number of aliphatic hydroxyl groups is 1. The number of rotatable bonds is 5. The molecule has 1 aliphatic carbocycles. The number of halogens is 1. The van der Waals surface area contributed by atoms with Crippen molar-refractivity contribution in [2.75, 3.05) is 13.1 Å². The quantitative estimate of drug-likeness (QED) is 0.880. The van der Waals surface area contributed by atoms with Crippen LogP contribution in [0.5, 0.6) is 0 Å². The number of benzene rings is 1. The predicted octanol–water partition coefficient (Wildman–Crippen LogP) is 3.51. The van der Waals surface area contributed by atoms with Crippen molar-refractivity contribution in [2.24, 2.45) is 0 Å². The Kier molecular flexibility index (Phi) is 4.58. The average Bonchev–Trinajstić information content (AvgIpc) is 2.90. The van der Waals surface area contributed by atoms with Gasteiger partial charge < -0.3 is 5.11 Å². The zero-order chi connectivity index (χ0) is 13.9. The lowest BCUT2D eigenvalue weighted by Crippen LogP contribution is -2.51. The van der Waals surface area contributed by atoms with Crippen LogP contribution in [0, 0.1) is 5.82 Å². The van der Waals surface area contributed by atoms with Crippen molar-refractivity contribution < 1.29 is 9.50 Å². The largest absolute Gasteiger partial charge is 0.386 e. The normalized spacial score (nSPS) is 19.8. The van der Waals surface area contributed by atoms with E-state index in [1.54, 1.807) is 6.07 Å². The highest BCUT2D eigenvalue weighted by atomic mass is 19.1. The second-order valence-electron chi connectivity index (χ2n) is 5.44. The first-order valence-electron chi connectivity index (χ1n) is 7.32. The van der Waals surface area contributed by atoms with Crippen LogP contribution >= 0.6 is 0 Å². The van der Waals surface area contributed by atoms with Crippen LogP contribution in [0.2, 0.25) is 0 Å². The van der Waals surface area contributed by atoms with Crippen molar-refractivity contribution in [2.45, 2.75) is 51.2 Å². The minimum absolute atomic E-state index is 0.211. The van der Waals surface area contributed by atoms with Crippen LogP contribution in [0.15, 0.2) is 24.3 Å². The maximum Gasteiger partial charge on any atom is 0.123 e. The van der Waals surface area contributed by atoms with Crippen molar-refractivity contribution in [3.05, 3.63) is 35.6 Å². The summed E-state index contributed by atoms with van der Waals surface area (Å²) >= 11 is 0. The molecule has 1 N–H and O–H groups in total. The van der Waals surface area contributed by atoms with Crippen molar-refractivity contribution in [3.8, 4) is 0 Å². The second kappa shape index (κ2) is 6.02. The van der Waals surface area contributed by atoms with Crippen LogP contribution in [0.4, 0.5) is 4.39 Å². The highest BCUT2D eigenvalue weighted by Crippen LogP contribution is 2.44. The molecule has 0 saturated heterocycles. The first-order valence-corrected chi connectivity index (χ1v) is 7.32. The lowest BCUT2D eigenvalue weighted by molar-refractivity contribution is -0.0270. The number of nitrogens with zero attached hydrogens (tertiary/aromatic N) is 1. The van der Waals surface area contributed by atoms with E-state index in [2.05, 4.69) is 18.7 Å². The van der Waals surface area contributed by atoms with Crippen molar-refractivity contribution >= 4 is 0 Å². The van der Waals surface area contributed by atoms with Gasteiger partial charge >= 0.3 is 0 Å². The Hall–Kier alpha value is -0.930. The molecule has 2 nitrogen and oxygen atoms in total. The van der Waals surface area contributed by atoms with E-state index in [0.29, 0.717) is 5.56 Å². The van der Waals surface area contributed by atoms with E-state index in [4.69, 9.17) is 0 Å². The van der Waals surface area contributed by atoms with Crippen LogP contribution in [-0.4, -0.2) is 28.6 Å². The summed E-state index contributed by atoms with van der Waals surface area (Å²) in [6.07, 6.45) is 3.66. The van der Waals surface area contributed by atoms with Crippen LogP contribution in [-0.2, 0) is 0 Å². The molecule has 3 heteroatoms. The summed E-state index contributed by atoms with van der Waals surface area (Å²) in [4.78, 5) is 2.34. The molecule has 0 radical (unpaired) electrons. The third kappa shape index (κ3) is 2.67. The van der Waals surface area contributed by atoms with E-state index in [0.717, 1.165) is 38.8 Å². The molecule has 19 heavy (non-hydrogen) atoms. The summed E-state index contributed by atoms with van der Waals surface area (Å²) in [5, 5.41) is 10.8. The van der Waals surface area contributed by atoms with Gasteiger partial charge in [-0.25, -0.2) is 4.39 Å². The third-order valence-electron chi connectivity index (χ3n) is 4.54. The Morgan fingerprint density at radius 2 is 1.89 bits per heavy atom. The highest BCUT2D eigenvalue weighted by molar-refractivity contribution is 5.23. The fourth-order valence-electron chi connectivity index (χ4n) is 3.59. The molecule has 106 valence electrons. The Morgan fingerprint density at radius 3 is 2.42 bits per heavy atom. The van der Waals surface area contributed by atoms with Crippen LogP contribution < -0.4 is 0 Å². The summed E-state index contributed by atoms with van der Waals surface area (Å²) in [6, 6.07) is 6.40. The molecule has 1 fully saturated rings. The van der Waals surface area contributed by atoms with Crippen LogP contribution in [0.25, 0.3) is 0 Å². The van der Waals surface area contributed by atoms with Gasteiger partial charge in [-0.2, -0.15) is 0 Å². The minimum Gasteiger partial charge on any atom is -0.386 e. The smallest absolute Gasteiger partial charge is 0.123 e. The number of hydrogen-bond donors (Lipinski definition) is 1. The fourth-order valence-corrected chi connectivity index (χ4v) is 3.59. The molecule has 0 heterocycles. The Morgan fingerprint density at radius 1 is 1.26 bits per heavy atom. The van der Waals surface area contributed by atoms with Gasteiger partial charge in [-0.1, -0.05) is 38.8 Å². The topological polar surface area (TPSA) is 23.5 Å². The summed E-state index contributed by atoms with van der Waals surface area (Å²) in [6.45, 7) is 6.09. The maximum absolute atomic E-state index is 13.4. The van der Waals surface area contributed by atoms with Gasteiger partial charge in [-0.05, 0) is 43.6 Å². The van der Waals surface area contributed by atoms with Crippen LogP contribution in [0.3, 0.4) is 0 Å². The highest BCUT2D eigenvalue weighted by Gasteiger charge is 2.44. The fraction of sp³-hybridized carbons (Fsp3) is 0.625. The van der Waals surface area contributed by atoms with Gasteiger partial charge in [-0.15, -0.1) is 0 Å². The lowest BCUT2D eigenvalue weighted by atomic mass is 9.84. The third-order valence-corrected chi connectivity index (χ3v) is 4.54. The van der Waals surface area contributed by atoms with Crippen molar-refractivity contribution in [1.29, 1.82) is 0 Å². The van der Waals surface area contributed by atoms with E-state index in [1.807, 2.05) is 6.07 Å². The van der Waals surface area contributed by atoms with Gasteiger partial charge in [0.25, 0.3) is 0 Å². The van der Waals surface area contributed by atoms with Gasteiger partial charge in [0.1, 0.15) is 5.82 Å². The molecule has 0 amide bonds. The van der Waals surface area contributed by atoms with Gasteiger partial charge in [0.05, 0.1) is 11.6 Å². The molecular weight excluding hydrogens is 241 g/mol. The van der Waals surface area contributed by atoms with Crippen molar-refractivity contribution in [1.82, 2.24) is 4.90 Å². The molecule has 0 aliphatic heterocycles. The lowest BCUT2D eigenvalue weighted by Gasteiger charge is -2.44. The number of likely N-dealkylation sites (N-methyl/N-ethyl adjacent to an activating group) is 1. The average molecular weight is 265 g/mol. The Bertz CT molecular complexity index is 411. The molecule has 1 aromatic rings. The standard InChI is InChI=1S/C16H24FNO/c1-3-18(4-2)16(10-5-6-11-16)15(19)13-8-7-9-14(17)12-13/h7-9,12,15,19H,3-6,10-11H2,1-2H3. The number of hydrogen-bond acceptors (Lipinski definition) is 2. The second-order valence-corrected chi connectivity index (χ2v) is 5.44. The van der Waals surface area contributed by atoms with Gasteiger partial charge in [-0.3, -0.25) is 4.90 Å². The van der Waals surface area contributed by atoms with E-state index in [1.165, 1.54) is 12.1 Å². The molecule has 1 unspecified atom stereocenters. The molecule has 1 aromatic carbocycles. The molecule has 1 saturated carbocycles. The Labute approximate surface area is 115 Å². The zero-order valence-electron chi connectivity index (χ0n) is 11.9. The van der Waals surface area contributed by atoms with E-state index in [9.17, 15) is 9.50 Å². The predicted molar refractivity (Wildman–Crippen MR) is 75.5 cm³/mol.